The number of ether oxygens (including phenoxy) is 1. The quantitative estimate of drug-likeness (QED) is 0.301. The topological polar surface area (TPSA) is 110 Å². The molecule has 1 atom stereocenters. The molecule has 1 aromatic carbocycles. The van der Waals surface area contributed by atoms with Crippen LogP contribution < -0.4 is 20.5 Å². The van der Waals surface area contributed by atoms with Gasteiger partial charge in [0, 0.05) is 44.0 Å². The molecule has 0 fully saturated rings. The van der Waals surface area contributed by atoms with E-state index < -0.39 is 12.0 Å². The van der Waals surface area contributed by atoms with Crippen LogP contribution in [-0.2, 0) is 24.2 Å². The highest BCUT2D eigenvalue weighted by atomic mass is 16.5. The third kappa shape index (κ3) is 7.37. The van der Waals surface area contributed by atoms with Gasteiger partial charge in [0.2, 0.25) is 5.95 Å². The first-order valence-electron chi connectivity index (χ1n) is 13.7. The normalized spacial score (nSPS) is 11.9. The second kappa shape index (κ2) is 13.8. The molecule has 0 aliphatic rings. The molecule has 2 heterocycles. The summed E-state index contributed by atoms with van der Waals surface area (Å²) < 4.78 is 7.15. The summed E-state index contributed by atoms with van der Waals surface area (Å²) in [5.41, 5.74) is 2.83. The van der Waals surface area contributed by atoms with Crippen LogP contribution >= 0.6 is 0 Å². The number of aryl methyl sites for hydroxylation is 1. The largest absolute Gasteiger partial charge is 0.496 e. The molecule has 9 nitrogen and oxygen atoms in total. The van der Waals surface area contributed by atoms with Crippen LogP contribution in [0.3, 0.4) is 0 Å². The molecule has 39 heavy (non-hydrogen) atoms. The van der Waals surface area contributed by atoms with Gasteiger partial charge in [0.1, 0.15) is 17.6 Å². The van der Waals surface area contributed by atoms with Crippen LogP contribution in [0, 0.1) is 5.92 Å². The molecule has 0 amide bonds. The summed E-state index contributed by atoms with van der Waals surface area (Å²) in [4.78, 5) is 36.7. The maximum atomic E-state index is 13.1. The first kappa shape index (κ1) is 29.7. The highest BCUT2D eigenvalue weighted by Gasteiger charge is 2.22. The number of pyridine rings is 1. The van der Waals surface area contributed by atoms with Gasteiger partial charge in [0.25, 0.3) is 5.56 Å². The minimum absolute atomic E-state index is 0.112. The minimum Gasteiger partial charge on any atom is -0.496 e. The fourth-order valence-corrected chi connectivity index (χ4v) is 4.59. The van der Waals surface area contributed by atoms with Gasteiger partial charge in [-0.1, -0.05) is 45.0 Å². The number of carboxylic acid groups (broad SMARTS) is 1. The van der Waals surface area contributed by atoms with Crippen molar-refractivity contribution >= 4 is 17.7 Å². The second-order valence-electron chi connectivity index (χ2n) is 10.0. The number of methoxy groups -OCH3 is 1. The molecule has 2 aromatic heterocycles. The van der Waals surface area contributed by atoms with Crippen LogP contribution in [-0.4, -0.2) is 51.9 Å². The molecule has 2 N–H and O–H groups in total. The molecule has 3 rings (SSSR count). The lowest BCUT2D eigenvalue weighted by Gasteiger charge is -2.23. The molecule has 210 valence electrons. The van der Waals surface area contributed by atoms with E-state index in [4.69, 9.17) is 9.72 Å². The summed E-state index contributed by atoms with van der Waals surface area (Å²) in [5, 5.41) is 13.3. The Morgan fingerprint density at radius 1 is 1.10 bits per heavy atom. The van der Waals surface area contributed by atoms with E-state index in [1.165, 1.54) is 0 Å². The third-order valence-electron chi connectivity index (χ3n) is 6.63. The Bertz CT molecular complexity index is 1300. The number of nitrogens with one attached hydrogen (secondary N) is 1. The zero-order valence-electron chi connectivity index (χ0n) is 23.9. The monoisotopic (exact) mass is 535 g/mol. The number of anilines is 2. The Morgan fingerprint density at radius 3 is 2.36 bits per heavy atom. The molecular formula is C30H41N5O4. The fourth-order valence-electron chi connectivity index (χ4n) is 4.59. The molecule has 0 radical (unpaired) electrons. The predicted octanol–water partition coefficient (Wildman–Crippen LogP) is 4.88. The lowest BCUT2D eigenvalue weighted by molar-refractivity contribution is -0.137. The molecule has 9 heteroatoms. The zero-order chi connectivity index (χ0) is 28.5. The predicted molar refractivity (Wildman–Crippen MR) is 156 cm³/mol. The molecule has 0 unspecified atom stereocenters. The lowest BCUT2D eigenvalue weighted by atomic mass is 10.00. The number of hydrogen-bond acceptors (Lipinski definition) is 7. The van der Waals surface area contributed by atoms with Gasteiger partial charge in [-0.15, -0.1) is 0 Å². The first-order chi connectivity index (χ1) is 18.7. The van der Waals surface area contributed by atoms with Crippen LogP contribution in [0.4, 0.5) is 11.8 Å². The van der Waals surface area contributed by atoms with E-state index in [1.54, 1.807) is 30.1 Å². The average Bonchev–Trinajstić information content (AvgIpc) is 2.91. The first-order valence-corrected chi connectivity index (χ1v) is 13.7. The van der Waals surface area contributed by atoms with Crippen molar-refractivity contribution in [3.63, 3.8) is 0 Å². The summed E-state index contributed by atoms with van der Waals surface area (Å²) in [6.45, 7) is 12.4. The fraction of sp³-hybridized carbons (Fsp3) is 0.467. The highest BCUT2D eigenvalue weighted by Crippen LogP contribution is 2.27. The van der Waals surface area contributed by atoms with Gasteiger partial charge in [0.15, 0.2) is 0 Å². The van der Waals surface area contributed by atoms with Gasteiger partial charge in [-0.2, -0.15) is 4.98 Å². The third-order valence-corrected chi connectivity index (χ3v) is 6.63. The molecule has 3 aromatic rings. The number of nitrogens with zero attached hydrogens (tertiary/aromatic N) is 4. The number of rotatable bonds is 14. The van der Waals surface area contributed by atoms with E-state index in [0.29, 0.717) is 35.5 Å². The van der Waals surface area contributed by atoms with Gasteiger partial charge in [-0.05, 0) is 49.8 Å². The van der Waals surface area contributed by atoms with Gasteiger partial charge in [-0.3, -0.25) is 4.79 Å². The maximum Gasteiger partial charge on any atom is 0.326 e. The van der Waals surface area contributed by atoms with Crippen LogP contribution in [0.15, 0.2) is 47.5 Å². The Morgan fingerprint density at radius 2 is 1.79 bits per heavy atom. The van der Waals surface area contributed by atoms with Crippen molar-refractivity contribution in [1.82, 2.24) is 14.5 Å². The summed E-state index contributed by atoms with van der Waals surface area (Å²) in [6, 6.07) is 8.31. The summed E-state index contributed by atoms with van der Waals surface area (Å²) >= 11 is 0. The van der Waals surface area contributed by atoms with Gasteiger partial charge >= 0.3 is 5.97 Å². The van der Waals surface area contributed by atoms with E-state index in [9.17, 15) is 14.7 Å². The van der Waals surface area contributed by atoms with Crippen molar-refractivity contribution in [2.75, 3.05) is 30.4 Å². The Balaban J connectivity index is 1.90. The SMILES string of the molecule is CCCn1ccc(OC)c(-c2ccc(C[C@H](Nc3nc(N(CC)CC)ncc3CC(C)C)C(=O)O)cc2)c1=O. The molecule has 0 spiro atoms. The minimum atomic E-state index is -0.968. The van der Waals surface area contributed by atoms with Gasteiger partial charge in [0.05, 0.1) is 12.7 Å². The maximum absolute atomic E-state index is 13.1. The summed E-state index contributed by atoms with van der Waals surface area (Å²) in [7, 11) is 1.55. The van der Waals surface area contributed by atoms with E-state index in [2.05, 4.69) is 24.1 Å². The molecule has 0 saturated heterocycles. The van der Waals surface area contributed by atoms with Crippen LogP contribution in [0.1, 0.15) is 52.2 Å². The van der Waals surface area contributed by atoms with Crippen molar-refractivity contribution in [1.29, 1.82) is 0 Å². The molecule has 0 aliphatic carbocycles. The van der Waals surface area contributed by atoms with Crippen molar-refractivity contribution in [3.05, 3.63) is 64.2 Å². The smallest absolute Gasteiger partial charge is 0.326 e. The summed E-state index contributed by atoms with van der Waals surface area (Å²) in [6.07, 6.45) is 5.37. The second-order valence-corrected chi connectivity index (χ2v) is 10.0. The van der Waals surface area contributed by atoms with Crippen LogP contribution in [0.25, 0.3) is 11.1 Å². The zero-order valence-corrected chi connectivity index (χ0v) is 23.9. The van der Waals surface area contributed by atoms with E-state index in [-0.39, 0.29) is 12.0 Å². The van der Waals surface area contributed by atoms with Gasteiger partial charge in [-0.25, -0.2) is 9.78 Å². The number of carbonyl (C=O) groups is 1. The van der Waals surface area contributed by atoms with Crippen molar-refractivity contribution < 1.29 is 14.6 Å². The Kier molecular flexibility index (Phi) is 10.5. The lowest BCUT2D eigenvalue weighted by Crippen LogP contribution is -2.33. The molecule has 0 aliphatic heterocycles. The number of aromatic nitrogens is 3. The van der Waals surface area contributed by atoms with E-state index >= 15 is 0 Å². The average molecular weight is 536 g/mol. The van der Waals surface area contributed by atoms with E-state index in [0.717, 1.165) is 42.6 Å². The summed E-state index contributed by atoms with van der Waals surface area (Å²) in [5.74, 6) is 1.03. The number of hydrogen-bond donors (Lipinski definition) is 2. The highest BCUT2D eigenvalue weighted by molar-refractivity contribution is 5.78. The Hall–Kier alpha value is -3.88. The van der Waals surface area contributed by atoms with Crippen LogP contribution in [0.2, 0.25) is 0 Å². The van der Waals surface area contributed by atoms with Crippen LogP contribution in [0.5, 0.6) is 5.75 Å². The molecule has 0 saturated carbocycles. The molecule has 0 bridgehead atoms. The number of carboxylic acids is 1. The van der Waals surface area contributed by atoms with E-state index in [1.807, 2.05) is 49.9 Å². The Labute approximate surface area is 230 Å². The standard InChI is InChI=1S/C30H41N5O4/c1-7-15-35-16-14-25(39-6)26(28(35)36)22-12-10-21(11-13-22)18-24(29(37)38)32-27-23(17-20(4)5)19-31-30(33-27)34(8-2)9-3/h10-14,16,19-20,24H,7-9,15,17-18H2,1-6H3,(H,37,38)(H,31,32,33)/t24-/m0/s1. The number of benzene rings is 1. The van der Waals surface area contributed by atoms with Gasteiger partial charge < -0.3 is 24.6 Å². The molecular weight excluding hydrogens is 494 g/mol. The number of aliphatic carboxylic acids is 1. The van der Waals surface area contributed by atoms with Crippen molar-refractivity contribution in [3.8, 4) is 16.9 Å². The van der Waals surface area contributed by atoms with Crippen molar-refractivity contribution in [2.45, 2.75) is 66.5 Å². The van der Waals surface area contributed by atoms with Crippen molar-refractivity contribution in [2.24, 2.45) is 5.92 Å².